The van der Waals surface area contributed by atoms with Crippen molar-refractivity contribution < 1.29 is 19.2 Å². The number of ether oxygens (including phenoxy) is 1. The lowest BCUT2D eigenvalue weighted by molar-refractivity contribution is -0.384. The summed E-state index contributed by atoms with van der Waals surface area (Å²) in [6.07, 6.45) is 4.68. The molecular weight excluding hydrogens is 502 g/mol. The van der Waals surface area contributed by atoms with Gasteiger partial charge in [0.05, 0.1) is 17.6 Å². The van der Waals surface area contributed by atoms with Crippen molar-refractivity contribution >= 4 is 34.9 Å². The van der Waals surface area contributed by atoms with E-state index in [-0.39, 0.29) is 30.2 Å². The molecule has 38 heavy (non-hydrogen) atoms. The molecule has 1 aromatic heterocycles. The van der Waals surface area contributed by atoms with Crippen molar-refractivity contribution in [2.75, 3.05) is 19.7 Å². The number of carbonyl (C=O) groups is 2. The number of nitro benzene ring substituents is 1. The molecule has 3 aromatic rings. The van der Waals surface area contributed by atoms with Crippen molar-refractivity contribution in [3.8, 4) is 0 Å². The van der Waals surface area contributed by atoms with Crippen molar-refractivity contribution in [1.82, 2.24) is 9.80 Å². The minimum atomic E-state index is -0.466. The van der Waals surface area contributed by atoms with Gasteiger partial charge in [0.2, 0.25) is 11.8 Å². The van der Waals surface area contributed by atoms with E-state index in [4.69, 9.17) is 4.74 Å². The van der Waals surface area contributed by atoms with Crippen LogP contribution in [0.3, 0.4) is 0 Å². The summed E-state index contributed by atoms with van der Waals surface area (Å²) in [6.45, 7) is 3.85. The van der Waals surface area contributed by atoms with Gasteiger partial charge in [-0.25, -0.2) is 0 Å². The smallest absolute Gasteiger partial charge is 0.269 e. The summed E-state index contributed by atoms with van der Waals surface area (Å²) in [6, 6.07) is 17.8. The average Bonchev–Trinajstić information content (AvgIpc) is 3.59. The van der Waals surface area contributed by atoms with Crippen molar-refractivity contribution in [3.05, 3.63) is 104 Å². The third kappa shape index (κ3) is 7.60. The Balaban J connectivity index is 1.51. The quantitative estimate of drug-likeness (QED) is 0.192. The van der Waals surface area contributed by atoms with Crippen LogP contribution in [0.1, 0.15) is 34.4 Å². The number of amides is 2. The van der Waals surface area contributed by atoms with E-state index in [1.165, 1.54) is 18.2 Å². The first-order valence-corrected chi connectivity index (χ1v) is 13.4. The zero-order valence-electron chi connectivity index (χ0n) is 21.3. The number of carbonyl (C=O) groups excluding carboxylic acids is 2. The topological polar surface area (TPSA) is 93.0 Å². The highest BCUT2D eigenvalue weighted by Crippen LogP contribution is 2.21. The Labute approximate surface area is 226 Å². The Morgan fingerprint density at radius 1 is 1.08 bits per heavy atom. The Morgan fingerprint density at radius 2 is 1.84 bits per heavy atom. The highest BCUT2D eigenvalue weighted by atomic mass is 32.1. The molecule has 1 atom stereocenters. The SMILES string of the molecule is Cc1ccsc1CN(Cc1ccccc1)C(=O)CN(CC1CCCO1)C(=O)/C=C/c1ccc([N+](=O)[O-])cc1. The number of benzene rings is 2. The van der Waals surface area contributed by atoms with Crippen LogP contribution in [0.4, 0.5) is 5.69 Å². The van der Waals surface area contributed by atoms with Crippen molar-refractivity contribution in [3.63, 3.8) is 0 Å². The van der Waals surface area contributed by atoms with Gasteiger partial charge < -0.3 is 14.5 Å². The van der Waals surface area contributed by atoms with Gasteiger partial charge in [-0.1, -0.05) is 30.3 Å². The van der Waals surface area contributed by atoms with E-state index in [2.05, 4.69) is 0 Å². The van der Waals surface area contributed by atoms with Gasteiger partial charge in [-0.2, -0.15) is 0 Å². The van der Waals surface area contributed by atoms with Crippen LogP contribution in [0.2, 0.25) is 0 Å². The van der Waals surface area contributed by atoms with Crippen LogP contribution in [0.5, 0.6) is 0 Å². The molecule has 0 aliphatic carbocycles. The highest BCUT2D eigenvalue weighted by Gasteiger charge is 2.26. The summed E-state index contributed by atoms with van der Waals surface area (Å²) in [5, 5.41) is 12.9. The monoisotopic (exact) mass is 533 g/mol. The molecule has 2 aromatic carbocycles. The fraction of sp³-hybridized carbons (Fsp3) is 0.310. The number of non-ortho nitro benzene ring substituents is 1. The van der Waals surface area contributed by atoms with Gasteiger partial charge in [-0.15, -0.1) is 11.3 Å². The molecule has 1 aliphatic rings. The van der Waals surface area contributed by atoms with E-state index in [0.717, 1.165) is 28.8 Å². The summed E-state index contributed by atoms with van der Waals surface area (Å²) in [7, 11) is 0. The predicted molar refractivity (Wildman–Crippen MR) is 147 cm³/mol. The van der Waals surface area contributed by atoms with Gasteiger partial charge >= 0.3 is 0 Å². The third-order valence-corrected chi connectivity index (χ3v) is 7.49. The Kier molecular flexibility index (Phi) is 9.40. The fourth-order valence-electron chi connectivity index (χ4n) is 4.29. The second-order valence-electron chi connectivity index (χ2n) is 9.30. The minimum absolute atomic E-state index is 0.0152. The minimum Gasteiger partial charge on any atom is -0.376 e. The molecule has 1 unspecified atom stereocenters. The lowest BCUT2D eigenvalue weighted by Crippen LogP contribution is -2.44. The normalized spacial score (nSPS) is 15.0. The number of hydrogen-bond acceptors (Lipinski definition) is 6. The molecule has 0 saturated carbocycles. The molecule has 2 amide bonds. The molecular formula is C29H31N3O5S. The van der Waals surface area contributed by atoms with E-state index in [1.807, 2.05) is 48.7 Å². The van der Waals surface area contributed by atoms with E-state index >= 15 is 0 Å². The Bertz CT molecular complexity index is 1270. The van der Waals surface area contributed by atoms with Crippen molar-refractivity contribution in [2.24, 2.45) is 0 Å². The highest BCUT2D eigenvalue weighted by molar-refractivity contribution is 7.10. The van der Waals surface area contributed by atoms with Crippen LogP contribution < -0.4 is 0 Å². The van der Waals surface area contributed by atoms with Crippen LogP contribution in [0.25, 0.3) is 6.08 Å². The number of nitrogens with zero attached hydrogens (tertiary/aromatic N) is 3. The maximum atomic E-state index is 13.7. The Morgan fingerprint density at radius 3 is 2.47 bits per heavy atom. The van der Waals surface area contributed by atoms with E-state index in [9.17, 15) is 19.7 Å². The molecule has 4 rings (SSSR count). The molecule has 8 nitrogen and oxygen atoms in total. The first-order valence-electron chi connectivity index (χ1n) is 12.6. The maximum Gasteiger partial charge on any atom is 0.269 e. The van der Waals surface area contributed by atoms with Crippen molar-refractivity contribution in [1.29, 1.82) is 0 Å². The van der Waals surface area contributed by atoms with Gasteiger partial charge in [0.15, 0.2) is 0 Å². The fourth-order valence-corrected chi connectivity index (χ4v) is 5.21. The van der Waals surface area contributed by atoms with Crippen molar-refractivity contribution in [2.45, 2.75) is 39.0 Å². The van der Waals surface area contributed by atoms with Gasteiger partial charge in [0.1, 0.15) is 6.54 Å². The Hall–Kier alpha value is -3.82. The lowest BCUT2D eigenvalue weighted by atomic mass is 10.1. The number of rotatable bonds is 11. The molecule has 1 fully saturated rings. The van der Waals surface area contributed by atoms with E-state index in [0.29, 0.717) is 31.8 Å². The van der Waals surface area contributed by atoms with Crippen LogP contribution >= 0.6 is 11.3 Å². The largest absolute Gasteiger partial charge is 0.376 e. The molecule has 9 heteroatoms. The zero-order chi connectivity index (χ0) is 26.9. The molecule has 0 bridgehead atoms. The number of nitro groups is 1. The predicted octanol–water partition coefficient (Wildman–Crippen LogP) is 5.21. The third-order valence-electron chi connectivity index (χ3n) is 6.48. The molecule has 1 aliphatic heterocycles. The summed E-state index contributed by atoms with van der Waals surface area (Å²) in [4.78, 5) is 41.8. The summed E-state index contributed by atoms with van der Waals surface area (Å²) in [5.41, 5.74) is 2.80. The first kappa shape index (κ1) is 27.2. The number of thiophene rings is 1. The summed E-state index contributed by atoms with van der Waals surface area (Å²) in [5.74, 6) is -0.448. The van der Waals surface area contributed by atoms with Gasteiger partial charge in [-0.3, -0.25) is 19.7 Å². The molecule has 2 heterocycles. The van der Waals surface area contributed by atoms with E-state index < -0.39 is 4.92 Å². The van der Waals surface area contributed by atoms with Crippen LogP contribution in [0.15, 0.2) is 72.1 Å². The maximum absolute atomic E-state index is 13.7. The summed E-state index contributed by atoms with van der Waals surface area (Å²) < 4.78 is 5.77. The summed E-state index contributed by atoms with van der Waals surface area (Å²) >= 11 is 1.62. The van der Waals surface area contributed by atoms with Gasteiger partial charge in [-0.05, 0) is 66.1 Å². The molecule has 1 saturated heterocycles. The van der Waals surface area contributed by atoms with Crippen LogP contribution in [0, 0.1) is 17.0 Å². The second kappa shape index (κ2) is 13.1. The van der Waals surface area contributed by atoms with Crippen LogP contribution in [-0.2, 0) is 27.4 Å². The zero-order valence-corrected chi connectivity index (χ0v) is 22.1. The standard InChI is InChI=1S/C29H31N3O5S/c1-22-15-17-38-27(22)20-30(18-24-6-3-2-4-7-24)29(34)21-31(19-26-8-5-16-37-26)28(33)14-11-23-9-12-25(13-10-23)32(35)36/h2-4,6-7,9-15,17,26H,5,8,16,18-21H2,1H3/b14-11+. The second-order valence-corrected chi connectivity index (χ2v) is 10.3. The van der Waals surface area contributed by atoms with E-state index in [1.54, 1.807) is 39.3 Å². The van der Waals surface area contributed by atoms with Gasteiger partial charge in [0.25, 0.3) is 5.69 Å². The first-order chi connectivity index (χ1) is 18.4. The molecule has 0 radical (unpaired) electrons. The molecule has 0 N–H and O–H groups in total. The lowest BCUT2D eigenvalue weighted by Gasteiger charge is -2.28. The molecule has 0 spiro atoms. The number of hydrogen-bond donors (Lipinski definition) is 0. The van der Waals surface area contributed by atoms with Gasteiger partial charge in [0, 0.05) is 42.8 Å². The molecule has 198 valence electrons. The average molecular weight is 534 g/mol. The van der Waals surface area contributed by atoms with Crippen LogP contribution in [-0.4, -0.2) is 52.3 Å². The number of aryl methyl sites for hydroxylation is 1.